The summed E-state index contributed by atoms with van der Waals surface area (Å²) < 4.78 is 12.6. The van der Waals surface area contributed by atoms with E-state index in [9.17, 15) is 9.59 Å². The predicted octanol–water partition coefficient (Wildman–Crippen LogP) is 2.79. The Morgan fingerprint density at radius 2 is 1.70 bits per heavy atom. The van der Waals surface area contributed by atoms with E-state index < -0.39 is 0 Å². The Balaban J connectivity index is 1.34. The van der Waals surface area contributed by atoms with Crippen LogP contribution in [0.25, 0.3) is 11.0 Å². The zero-order valence-electron chi connectivity index (χ0n) is 17.2. The van der Waals surface area contributed by atoms with Gasteiger partial charge in [-0.25, -0.2) is 4.79 Å². The van der Waals surface area contributed by atoms with E-state index in [4.69, 9.17) is 9.47 Å². The third-order valence-electron chi connectivity index (χ3n) is 6.52. The van der Waals surface area contributed by atoms with Gasteiger partial charge in [0.15, 0.2) is 17.3 Å². The number of para-hydroxylation sites is 2. The van der Waals surface area contributed by atoms with Gasteiger partial charge in [0.1, 0.15) is 0 Å². The Bertz CT molecular complexity index is 1170. The molecule has 2 aromatic carbocycles. The van der Waals surface area contributed by atoms with Crippen LogP contribution in [0.15, 0.2) is 41.2 Å². The number of imidazole rings is 1. The molecular formula is C23H25N3O4. The minimum Gasteiger partial charge on any atom is -0.493 e. The third-order valence-corrected chi connectivity index (χ3v) is 6.52. The molecule has 1 aliphatic carbocycles. The van der Waals surface area contributed by atoms with E-state index in [0.29, 0.717) is 17.9 Å². The predicted molar refractivity (Wildman–Crippen MR) is 114 cm³/mol. The van der Waals surface area contributed by atoms with E-state index in [2.05, 4.69) is 9.88 Å². The van der Waals surface area contributed by atoms with Crippen LogP contribution < -0.4 is 15.2 Å². The summed E-state index contributed by atoms with van der Waals surface area (Å²) >= 11 is 0. The SMILES string of the molecule is COc1cc2c(cc1OC)C(=O)C(N1CCC(n3c(=O)[nH]c4ccccc43)CC1)C2. The summed E-state index contributed by atoms with van der Waals surface area (Å²) in [5, 5.41) is 0. The number of methoxy groups -OCH3 is 2. The third kappa shape index (κ3) is 2.92. The Hall–Kier alpha value is -3.06. The first-order valence-corrected chi connectivity index (χ1v) is 10.3. The van der Waals surface area contributed by atoms with Gasteiger partial charge < -0.3 is 14.5 Å². The normalized spacial score (nSPS) is 19.9. The molecule has 156 valence electrons. The summed E-state index contributed by atoms with van der Waals surface area (Å²) in [4.78, 5) is 30.8. The molecule has 0 bridgehead atoms. The lowest BCUT2D eigenvalue weighted by Crippen LogP contribution is -2.45. The van der Waals surface area contributed by atoms with Crippen LogP contribution in [-0.4, -0.2) is 53.6 Å². The molecule has 0 saturated carbocycles. The molecule has 0 spiro atoms. The number of hydrogen-bond acceptors (Lipinski definition) is 5. The molecule has 1 atom stereocenters. The van der Waals surface area contributed by atoms with Crippen LogP contribution in [0.4, 0.5) is 0 Å². The van der Waals surface area contributed by atoms with Crippen molar-refractivity contribution in [2.24, 2.45) is 0 Å². The van der Waals surface area contributed by atoms with Gasteiger partial charge in [-0.2, -0.15) is 0 Å². The summed E-state index contributed by atoms with van der Waals surface area (Å²) in [6, 6.07) is 11.5. The van der Waals surface area contributed by atoms with Gasteiger partial charge in [0, 0.05) is 24.7 Å². The van der Waals surface area contributed by atoms with Crippen LogP contribution >= 0.6 is 0 Å². The number of H-pyrrole nitrogens is 1. The second-order valence-electron chi connectivity index (χ2n) is 8.03. The lowest BCUT2D eigenvalue weighted by Gasteiger charge is -2.35. The second kappa shape index (κ2) is 7.32. The van der Waals surface area contributed by atoms with Gasteiger partial charge in [-0.15, -0.1) is 0 Å². The molecule has 30 heavy (non-hydrogen) atoms. The quantitative estimate of drug-likeness (QED) is 0.720. The highest BCUT2D eigenvalue weighted by Crippen LogP contribution is 2.37. The number of ketones is 1. The summed E-state index contributed by atoms with van der Waals surface area (Å²) in [6.07, 6.45) is 2.37. The number of carbonyl (C=O) groups is 1. The van der Waals surface area contributed by atoms with Crippen molar-refractivity contribution < 1.29 is 14.3 Å². The molecular weight excluding hydrogens is 382 g/mol. The van der Waals surface area contributed by atoms with Gasteiger partial charge in [-0.05, 0) is 49.1 Å². The average Bonchev–Trinajstić information content (AvgIpc) is 3.28. The van der Waals surface area contributed by atoms with Gasteiger partial charge in [0.2, 0.25) is 0 Å². The van der Waals surface area contributed by atoms with Crippen molar-refractivity contribution in [1.29, 1.82) is 0 Å². The summed E-state index contributed by atoms with van der Waals surface area (Å²) in [7, 11) is 3.19. The first-order chi connectivity index (χ1) is 14.6. The number of nitrogens with one attached hydrogen (secondary N) is 1. The number of nitrogens with zero attached hydrogens (tertiary/aromatic N) is 2. The van der Waals surface area contributed by atoms with Crippen LogP contribution in [0, 0.1) is 0 Å². The molecule has 7 nitrogen and oxygen atoms in total. The molecule has 5 rings (SSSR count). The first-order valence-electron chi connectivity index (χ1n) is 10.3. The van der Waals surface area contributed by atoms with Crippen LogP contribution in [0.5, 0.6) is 11.5 Å². The number of carbonyl (C=O) groups excluding carboxylic acids is 1. The van der Waals surface area contributed by atoms with Crippen molar-refractivity contribution in [2.45, 2.75) is 31.3 Å². The van der Waals surface area contributed by atoms with Crippen LogP contribution in [0.3, 0.4) is 0 Å². The lowest BCUT2D eigenvalue weighted by atomic mass is 10.0. The fourth-order valence-electron chi connectivity index (χ4n) is 4.99. The second-order valence-corrected chi connectivity index (χ2v) is 8.03. The number of aromatic nitrogens is 2. The van der Waals surface area contributed by atoms with Gasteiger partial charge in [0.05, 0.1) is 31.3 Å². The van der Waals surface area contributed by atoms with Gasteiger partial charge in [-0.1, -0.05) is 12.1 Å². The lowest BCUT2D eigenvalue weighted by molar-refractivity contribution is 0.0776. The summed E-state index contributed by atoms with van der Waals surface area (Å²) in [5.74, 6) is 1.39. The van der Waals surface area contributed by atoms with Crippen LogP contribution in [0.2, 0.25) is 0 Å². The van der Waals surface area contributed by atoms with Crippen LogP contribution in [-0.2, 0) is 6.42 Å². The summed E-state index contributed by atoms with van der Waals surface area (Å²) in [6.45, 7) is 1.57. The molecule has 0 radical (unpaired) electrons. The Kier molecular flexibility index (Phi) is 4.62. The van der Waals surface area contributed by atoms with Crippen molar-refractivity contribution in [3.8, 4) is 11.5 Å². The van der Waals surface area contributed by atoms with Crippen molar-refractivity contribution in [3.05, 3.63) is 58.0 Å². The maximum absolute atomic E-state index is 13.1. The standard InChI is InChI=1S/C23H25N3O4/c1-29-20-12-14-11-19(22(27)16(14)13-21(20)30-2)25-9-7-15(8-10-25)26-18-6-4-3-5-17(18)24-23(26)28/h3-6,12-13,15,19H,7-11H2,1-2H3,(H,24,28). The molecule has 7 heteroatoms. The fraction of sp³-hybridized carbons (Fsp3) is 0.391. The molecule has 1 aromatic heterocycles. The molecule has 1 unspecified atom stereocenters. The number of ether oxygens (including phenoxy) is 2. The molecule has 1 aliphatic heterocycles. The van der Waals surface area contributed by atoms with E-state index in [-0.39, 0.29) is 23.6 Å². The molecule has 3 aromatic rings. The summed E-state index contributed by atoms with van der Waals surface area (Å²) in [5.41, 5.74) is 3.50. The molecule has 2 heterocycles. The Morgan fingerprint density at radius 3 is 2.43 bits per heavy atom. The van der Waals surface area contributed by atoms with Crippen molar-refractivity contribution in [3.63, 3.8) is 0 Å². The zero-order chi connectivity index (χ0) is 20.8. The monoisotopic (exact) mass is 407 g/mol. The highest BCUT2D eigenvalue weighted by atomic mass is 16.5. The van der Waals surface area contributed by atoms with Gasteiger partial charge in [0.25, 0.3) is 0 Å². The number of rotatable bonds is 4. The van der Waals surface area contributed by atoms with Gasteiger partial charge >= 0.3 is 5.69 Å². The minimum absolute atomic E-state index is 0.0572. The largest absolute Gasteiger partial charge is 0.493 e. The van der Waals surface area contributed by atoms with E-state index in [1.165, 1.54) is 0 Å². The van der Waals surface area contributed by atoms with Crippen molar-refractivity contribution >= 4 is 16.8 Å². The fourth-order valence-corrected chi connectivity index (χ4v) is 4.99. The van der Waals surface area contributed by atoms with Gasteiger partial charge in [-0.3, -0.25) is 14.3 Å². The number of likely N-dealkylation sites (tertiary alicyclic amines) is 1. The molecule has 1 saturated heterocycles. The number of benzene rings is 2. The smallest absolute Gasteiger partial charge is 0.326 e. The molecule has 2 aliphatic rings. The Labute approximate surface area is 174 Å². The van der Waals surface area contributed by atoms with E-state index >= 15 is 0 Å². The maximum atomic E-state index is 13.1. The van der Waals surface area contributed by atoms with E-state index in [1.54, 1.807) is 20.3 Å². The van der Waals surface area contributed by atoms with Crippen molar-refractivity contribution in [2.75, 3.05) is 27.3 Å². The number of fused-ring (bicyclic) bond motifs is 2. The van der Waals surface area contributed by atoms with E-state index in [0.717, 1.165) is 48.1 Å². The van der Waals surface area contributed by atoms with Crippen LogP contribution in [0.1, 0.15) is 34.8 Å². The van der Waals surface area contributed by atoms with Crippen molar-refractivity contribution in [1.82, 2.24) is 14.5 Å². The number of aromatic amines is 1. The average molecular weight is 407 g/mol. The molecule has 0 amide bonds. The van der Waals surface area contributed by atoms with E-state index in [1.807, 2.05) is 34.9 Å². The number of piperidine rings is 1. The number of Topliss-reactive ketones (excluding diaryl/α,β-unsaturated/α-hetero) is 1. The minimum atomic E-state index is -0.155. The Morgan fingerprint density at radius 1 is 1.00 bits per heavy atom. The number of hydrogen-bond donors (Lipinski definition) is 1. The maximum Gasteiger partial charge on any atom is 0.326 e. The highest BCUT2D eigenvalue weighted by molar-refractivity contribution is 6.05. The molecule has 1 N–H and O–H groups in total. The first kappa shape index (κ1) is 18.9. The highest BCUT2D eigenvalue weighted by Gasteiger charge is 2.38. The topological polar surface area (TPSA) is 76.6 Å². The molecule has 1 fully saturated rings. The zero-order valence-corrected chi connectivity index (χ0v) is 17.2.